The summed E-state index contributed by atoms with van der Waals surface area (Å²) in [6.07, 6.45) is 0. The zero-order valence-electron chi connectivity index (χ0n) is 33.2. The van der Waals surface area contributed by atoms with Gasteiger partial charge in [0.15, 0.2) is 0 Å². The van der Waals surface area contributed by atoms with E-state index in [-0.39, 0.29) is 0 Å². The first-order chi connectivity index (χ1) is 30.3. The van der Waals surface area contributed by atoms with Gasteiger partial charge in [-0.05, 0) is 93.7 Å². The molecule has 0 saturated carbocycles. The van der Waals surface area contributed by atoms with Gasteiger partial charge in [0.1, 0.15) is 11.2 Å². The minimum atomic E-state index is 0.868. The molecule has 0 radical (unpaired) electrons. The van der Waals surface area contributed by atoms with Crippen LogP contribution in [-0.4, -0.2) is 4.57 Å². The van der Waals surface area contributed by atoms with Gasteiger partial charge in [0, 0.05) is 44.0 Å². The molecule has 0 unspecified atom stereocenters. The molecule has 2 heterocycles. The lowest BCUT2D eigenvalue weighted by Crippen LogP contribution is -2.12. The second-order valence-electron chi connectivity index (χ2n) is 15.6. The summed E-state index contributed by atoms with van der Waals surface area (Å²) in [5, 5.41) is 7.08. The summed E-state index contributed by atoms with van der Waals surface area (Å²) in [6.45, 7) is 0. The molecule has 0 atom stereocenters. The Balaban J connectivity index is 1.13. The molecule has 0 N–H and O–H groups in total. The Morgan fingerprint density at radius 1 is 0.344 bits per heavy atom. The second kappa shape index (κ2) is 14.3. The molecular weight excluding hydrogens is 741 g/mol. The summed E-state index contributed by atoms with van der Waals surface area (Å²) in [5.41, 5.74) is 15.4. The molecule has 0 bridgehead atoms. The fourth-order valence-electron chi connectivity index (χ4n) is 9.49. The molecule has 12 aromatic rings. The third-order valence-electron chi connectivity index (χ3n) is 12.2. The number of furan rings is 1. The smallest absolute Gasteiger partial charge is 0.135 e. The molecule has 12 rings (SSSR count). The summed E-state index contributed by atoms with van der Waals surface area (Å²) >= 11 is 0. The minimum absolute atomic E-state index is 0.868. The Bertz CT molecular complexity index is 3590. The Morgan fingerprint density at radius 3 is 1.77 bits per heavy atom. The number of benzene rings is 10. The first-order valence-corrected chi connectivity index (χ1v) is 20.8. The lowest BCUT2D eigenvalue weighted by Gasteiger charge is -2.30. The molecule has 10 aromatic carbocycles. The van der Waals surface area contributed by atoms with Crippen LogP contribution in [0.25, 0.3) is 93.6 Å². The first-order valence-electron chi connectivity index (χ1n) is 20.8. The van der Waals surface area contributed by atoms with E-state index in [0.717, 1.165) is 61.4 Å². The van der Waals surface area contributed by atoms with Crippen LogP contribution in [0, 0.1) is 0 Å². The van der Waals surface area contributed by atoms with E-state index in [2.05, 4.69) is 228 Å². The maximum atomic E-state index is 6.38. The van der Waals surface area contributed by atoms with Gasteiger partial charge in [0.05, 0.1) is 22.4 Å². The molecule has 0 aliphatic heterocycles. The highest BCUT2D eigenvalue weighted by Crippen LogP contribution is 2.48. The van der Waals surface area contributed by atoms with E-state index in [0.29, 0.717) is 0 Å². The number of nitrogens with zero attached hydrogens (tertiary/aromatic N) is 2. The molecular formula is C58H38N2O. The van der Waals surface area contributed by atoms with Crippen molar-refractivity contribution in [3.63, 3.8) is 0 Å². The maximum Gasteiger partial charge on any atom is 0.135 e. The zero-order chi connectivity index (χ0) is 40.3. The molecule has 286 valence electrons. The first kappa shape index (κ1) is 34.9. The van der Waals surface area contributed by atoms with Crippen molar-refractivity contribution in [1.29, 1.82) is 0 Å². The molecule has 0 spiro atoms. The van der Waals surface area contributed by atoms with Crippen molar-refractivity contribution in [3.8, 4) is 39.1 Å². The molecule has 0 amide bonds. The lowest BCUT2D eigenvalue weighted by atomic mass is 9.90. The number of hydrogen-bond acceptors (Lipinski definition) is 2. The number of rotatable bonds is 7. The summed E-state index contributed by atoms with van der Waals surface area (Å²) in [7, 11) is 0. The largest absolute Gasteiger partial charge is 0.456 e. The predicted octanol–water partition coefficient (Wildman–Crippen LogP) is 16.3. The Labute approximate surface area is 353 Å². The highest BCUT2D eigenvalue weighted by Gasteiger charge is 2.24. The van der Waals surface area contributed by atoms with E-state index in [1.807, 2.05) is 12.1 Å². The topological polar surface area (TPSA) is 21.3 Å². The van der Waals surface area contributed by atoms with E-state index in [1.165, 1.54) is 49.3 Å². The fourth-order valence-corrected chi connectivity index (χ4v) is 9.49. The Morgan fingerprint density at radius 2 is 0.951 bits per heavy atom. The Kier molecular flexibility index (Phi) is 8.17. The van der Waals surface area contributed by atoms with Crippen molar-refractivity contribution in [2.75, 3.05) is 4.90 Å². The molecule has 0 fully saturated rings. The second-order valence-corrected chi connectivity index (χ2v) is 15.6. The Hall–Kier alpha value is -8.14. The van der Waals surface area contributed by atoms with Gasteiger partial charge in [-0.1, -0.05) is 170 Å². The van der Waals surface area contributed by atoms with Gasteiger partial charge < -0.3 is 13.9 Å². The van der Waals surface area contributed by atoms with E-state index in [9.17, 15) is 0 Å². The van der Waals surface area contributed by atoms with E-state index >= 15 is 0 Å². The molecule has 0 aliphatic carbocycles. The normalized spacial score (nSPS) is 11.6. The highest BCUT2D eigenvalue weighted by molar-refractivity contribution is 6.12. The van der Waals surface area contributed by atoms with Crippen LogP contribution in [0.3, 0.4) is 0 Å². The van der Waals surface area contributed by atoms with E-state index in [1.54, 1.807) is 0 Å². The van der Waals surface area contributed by atoms with Crippen molar-refractivity contribution in [2.45, 2.75) is 0 Å². The predicted molar refractivity (Wildman–Crippen MR) is 257 cm³/mol. The van der Waals surface area contributed by atoms with Gasteiger partial charge >= 0.3 is 0 Å². The summed E-state index contributed by atoms with van der Waals surface area (Å²) in [5.74, 6) is 0. The average molecular weight is 779 g/mol. The lowest BCUT2D eigenvalue weighted by molar-refractivity contribution is 0.669. The van der Waals surface area contributed by atoms with E-state index in [4.69, 9.17) is 4.42 Å². The monoisotopic (exact) mass is 778 g/mol. The van der Waals surface area contributed by atoms with Crippen LogP contribution in [0.15, 0.2) is 235 Å². The van der Waals surface area contributed by atoms with Crippen molar-refractivity contribution >= 4 is 71.6 Å². The molecule has 0 saturated heterocycles. The number of para-hydroxylation sites is 5. The van der Waals surface area contributed by atoms with Gasteiger partial charge in [-0.15, -0.1) is 0 Å². The van der Waals surface area contributed by atoms with Crippen LogP contribution in [0.1, 0.15) is 0 Å². The summed E-state index contributed by atoms with van der Waals surface area (Å²) < 4.78 is 8.78. The van der Waals surface area contributed by atoms with Crippen molar-refractivity contribution in [3.05, 3.63) is 231 Å². The number of fused-ring (bicyclic) bond motifs is 7. The highest BCUT2D eigenvalue weighted by atomic mass is 16.3. The van der Waals surface area contributed by atoms with Crippen LogP contribution < -0.4 is 4.90 Å². The molecule has 61 heavy (non-hydrogen) atoms. The maximum absolute atomic E-state index is 6.38. The van der Waals surface area contributed by atoms with Crippen LogP contribution in [-0.2, 0) is 0 Å². The number of anilines is 3. The van der Waals surface area contributed by atoms with Gasteiger partial charge in [-0.2, -0.15) is 0 Å². The van der Waals surface area contributed by atoms with Crippen molar-refractivity contribution in [1.82, 2.24) is 4.57 Å². The van der Waals surface area contributed by atoms with Gasteiger partial charge in [-0.3, -0.25) is 0 Å². The van der Waals surface area contributed by atoms with Crippen LogP contribution in [0.4, 0.5) is 17.1 Å². The van der Waals surface area contributed by atoms with Crippen LogP contribution in [0.2, 0.25) is 0 Å². The molecule has 2 aromatic heterocycles. The third-order valence-corrected chi connectivity index (χ3v) is 12.2. The number of aromatic nitrogens is 1. The van der Waals surface area contributed by atoms with Crippen LogP contribution >= 0.6 is 0 Å². The molecule has 0 aliphatic rings. The SMILES string of the molecule is c1ccc(-c2cccc3cccc(-c4ccccc4N(c4ccc5oc6ccccc6c5c4)c4ccccc4-c4ccc5c6ccccc6n(-c6ccccc6)c5c4)c23)cc1. The summed E-state index contributed by atoms with van der Waals surface area (Å²) in [6, 6.07) is 83.1. The molecule has 3 nitrogen and oxygen atoms in total. The van der Waals surface area contributed by atoms with E-state index < -0.39 is 0 Å². The third kappa shape index (κ3) is 5.74. The fraction of sp³-hybridized carbons (Fsp3) is 0. The standard InChI is InChI=1S/C58H38N2O/c1-3-17-39(18-4-1)45-27-15-19-40-20-16-28-50(58(40)45)47-25-9-13-31-54(47)60(43-34-36-57-51(38-43)49-26-10-14-32-56(49)61-57)52-29-11-7-23-44(52)41-33-35-48-46-24-8-12-30-53(46)59(55(48)37-41)42-21-5-2-6-22-42/h1-38H. The number of hydrogen-bond donors (Lipinski definition) is 0. The van der Waals surface area contributed by atoms with Gasteiger partial charge in [-0.25, -0.2) is 0 Å². The minimum Gasteiger partial charge on any atom is -0.456 e. The van der Waals surface area contributed by atoms with Crippen molar-refractivity contribution < 1.29 is 4.42 Å². The zero-order valence-corrected chi connectivity index (χ0v) is 33.2. The average Bonchev–Trinajstić information content (AvgIpc) is 3.87. The van der Waals surface area contributed by atoms with Gasteiger partial charge in [0.25, 0.3) is 0 Å². The van der Waals surface area contributed by atoms with Crippen LogP contribution in [0.5, 0.6) is 0 Å². The summed E-state index contributed by atoms with van der Waals surface area (Å²) in [4.78, 5) is 2.45. The quantitative estimate of drug-likeness (QED) is 0.161. The van der Waals surface area contributed by atoms with Gasteiger partial charge in [0.2, 0.25) is 0 Å². The molecule has 3 heteroatoms. The van der Waals surface area contributed by atoms with Crippen molar-refractivity contribution in [2.24, 2.45) is 0 Å².